The SMILES string of the molecule is C=CCNC(=NCc1nnc(C)n1C)N1CCC2(CCC2)C1.I. The highest BCUT2D eigenvalue weighted by molar-refractivity contribution is 14.0. The van der Waals surface area contributed by atoms with E-state index in [0.717, 1.165) is 37.2 Å². The summed E-state index contributed by atoms with van der Waals surface area (Å²) in [7, 11) is 1.98. The topological polar surface area (TPSA) is 58.3 Å². The average Bonchev–Trinajstić information content (AvgIpc) is 3.06. The van der Waals surface area contributed by atoms with Crippen LogP contribution in [0, 0.1) is 12.3 Å². The number of aryl methyl sites for hydroxylation is 1. The van der Waals surface area contributed by atoms with E-state index in [-0.39, 0.29) is 24.0 Å². The van der Waals surface area contributed by atoms with Crippen molar-refractivity contribution >= 4 is 29.9 Å². The molecule has 2 aliphatic rings. The molecule has 3 rings (SSSR count). The van der Waals surface area contributed by atoms with E-state index in [2.05, 4.69) is 27.0 Å². The van der Waals surface area contributed by atoms with Gasteiger partial charge in [0.05, 0.1) is 0 Å². The van der Waals surface area contributed by atoms with Crippen molar-refractivity contribution in [1.82, 2.24) is 25.0 Å². The molecule has 1 saturated heterocycles. The molecule has 0 bridgehead atoms. The van der Waals surface area contributed by atoms with E-state index < -0.39 is 0 Å². The molecule has 1 aromatic heterocycles. The molecule has 0 aromatic carbocycles. The monoisotopic (exact) mass is 430 g/mol. The largest absolute Gasteiger partial charge is 0.353 e. The predicted octanol–water partition coefficient (Wildman–Crippen LogP) is 2.25. The van der Waals surface area contributed by atoms with Crippen LogP contribution in [0.1, 0.15) is 37.3 Å². The van der Waals surface area contributed by atoms with Crippen LogP contribution in [0.4, 0.5) is 0 Å². The zero-order valence-corrected chi connectivity index (χ0v) is 16.4. The number of rotatable bonds is 4. The second-order valence-corrected chi connectivity index (χ2v) is 6.56. The van der Waals surface area contributed by atoms with E-state index >= 15 is 0 Å². The van der Waals surface area contributed by atoms with Gasteiger partial charge in [-0.2, -0.15) is 0 Å². The second-order valence-electron chi connectivity index (χ2n) is 6.56. The number of aromatic nitrogens is 3. The Morgan fingerprint density at radius 1 is 1.39 bits per heavy atom. The van der Waals surface area contributed by atoms with Gasteiger partial charge in [0.15, 0.2) is 11.8 Å². The summed E-state index contributed by atoms with van der Waals surface area (Å²) in [6, 6.07) is 0. The summed E-state index contributed by atoms with van der Waals surface area (Å²) < 4.78 is 1.99. The number of hydrogen-bond donors (Lipinski definition) is 1. The molecule has 1 aliphatic carbocycles. The standard InChI is InChI=1S/C16H26N6.HI/c1-4-9-17-15(18-11-14-20-19-13(2)21(14)3)22-10-8-16(12-22)6-5-7-16;/h4H,1,5-12H2,2-3H3,(H,17,18);1H. The molecule has 1 spiro atoms. The van der Waals surface area contributed by atoms with Gasteiger partial charge in [-0.3, -0.25) is 0 Å². The van der Waals surface area contributed by atoms with Gasteiger partial charge in [0.2, 0.25) is 0 Å². The van der Waals surface area contributed by atoms with E-state index in [1.54, 1.807) is 0 Å². The van der Waals surface area contributed by atoms with Crippen molar-refractivity contribution in [3.8, 4) is 0 Å². The van der Waals surface area contributed by atoms with Gasteiger partial charge < -0.3 is 14.8 Å². The highest BCUT2D eigenvalue weighted by atomic mass is 127. The van der Waals surface area contributed by atoms with Gasteiger partial charge in [0.1, 0.15) is 12.4 Å². The minimum Gasteiger partial charge on any atom is -0.353 e. The first-order chi connectivity index (χ1) is 10.6. The maximum absolute atomic E-state index is 4.77. The summed E-state index contributed by atoms with van der Waals surface area (Å²) in [5.74, 6) is 2.79. The lowest BCUT2D eigenvalue weighted by Crippen LogP contribution is -2.42. The number of nitrogens with zero attached hydrogens (tertiary/aromatic N) is 5. The number of halogens is 1. The normalized spacial score (nSPS) is 19.4. The molecule has 1 N–H and O–H groups in total. The lowest BCUT2D eigenvalue weighted by Gasteiger charge is -2.38. The summed E-state index contributed by atoms with van der Waals surface area (Å²) in [5.41, 5.74) is 0.567. The van der Waals surface area contributed by atoms with Gasteiger partial charge in [-0.1, -0.05) is 12.5 Å². The molecule has 128 valence electrons. The Hall–Kier alpha value is -1.12. The Balaban J connectivity index is 0.00000192. The Labute approximate surface area is 155 Å². The predicted molar refractivity (Wildman–Crippen MR) is 103 cm³/mol. The molecular weight excluding hydrogens is 403 g/mol. The van der Waals surface area contributed by atoms with Gasteiger partial charge >= 0.3 is 0 Å². The number of hydrogen-bond acceptors (Lipinski definition) is 3. The maximum Gasteiger partial charge on any atom is 0.194 e. The molecule has 2 fully saturated rings. The second kappa shape index (κ2) is 7.63. The third kappa shape index (κ3) is 3.87. The first-order valence-corrected chi connectivity index (χ1v) is 8.13. The molecule has 1 aliphatic heterocycles. The van der Waals surface area contributed by atoms with E-state index in [1.165, 1.54) is 25.7 Å². The molecule has 6 nitrogen and oxygen atoms in total. The number of guanidine groups is 1. The third-order valence-corrected chi connectivity index (χ3v) is 5.11. The molecule has 0 unspecified atom stereocenters. The Bertz CT molecular complexity index is 575. The van der Waals surface area contributed by atoms with Gasteiger partial charge in [0.25, 0.3) is 0 Å². The van der Waals surface area contributed by atoms with Crippen LogP contribution in [0.2, 0.25) is 0 Å². The van der Waals surface area contributed by atoms with Crippen molar-refractivity contribution in [1.29, 1.82) is 0 Å². The zero-order chi connectivity index (χ0) is 15.6. The van der Waals surface area contributed by atoms with Crippen molar-refractivity contribution in [3.05, 3.63) is 24.3 Å². The van der Waals surface area contributed by atoms with Gasteiger partial charge in [-0.05, 0) is 31.6 Å². The van der Waals surface area contributed by atoms with Gasteiger partial charge in [-0.15, -0.1) is 40.8 Å². The van der Waals surface area contributed by atoms with Crippen LogP contribution in [0.15, 0.2) is 17.6 Å². The minimum atomic E-state index is 0. The summed E-state index contributed by atoms with van der Waals surface area (Å²) in [5, 5.41) is 11.7. The molecule has 0 radical (unpaired) electrons. The number of likely N-dealkylation sites (tertiary alicyclic amines) is 1. The van der Waals surface area contributed by atoms with Crippen LogP contribution in [0.3, 0.4) is 0 Å². The number of aliphatic imine (C=N–C) groups is 1. The zero-order valence-electron chi connectivity index (χ0n) is 14.1. The quantitative estimate of drug-likeness (QED) is 0.345. The van der Waals surface area contributed by atoms with E-state index in [0.29, 0.717) is 12.0 Å². The fourth-order valence-corrected chi connectivity index (χ4v) is 3.37. The van der Waals surface area contributed by atoms with E-state index in [4.69, 9.17) is 4.99 Å². The highest BCUT2D eigenvalue weighted by Crippen LogP contribution is 2.47. The summed E-state index contributed by atoms with van der Waals surface area (Å²) in [6.45, 7) is 9.27. The van der Waals surface area contributed by atoms with Crippen LogP contribution in [-0.2, 0) is 13.6 Å². The number of nitrogens with one attached hydrogen (secondary N) is 1. The van der Waals surface area contributed by atoms with Crippen molar-refractivity contribution in [2.45, 2.75) is 39.2 Å². The van der Waals surface area contributed by atoms with Crippen molar-refractivity contribution in [2.75, 3.05) is 19.6 Å². The summed E-state index contributed by atoms with van der Waals surface area (Å²) in [6.07, 6.45) is 7.31. The van der Waals surface area contributed by atoms with Crippen molar-refractivity contribution in [2.24, 2.45) is 17.5 Å². The molecule has 2 heterocycles. The fourth-order valence-electron chi connectivity index (χ4n) is 3.37. The highest BCUT2D eigenvalue weighted by Gasteiger charge is 2.43. The third-order valence-electron chi connectivity index (χ3n) is 5.11. The van der Waals surface area contributed by atoms with Crippen LogP contribution in [0.25, 0.3) is 0 Å². The summed E-state index contributed by atoms with van der Waals surface area (Å²) in [4.78, 5) is 7.17. The molecule has 0 amide bonds. The van der Waals surface area contributed by atoms with Crippen molar-refractivity contribution < 1.29 is 0 Å². The first kappa shape index (κ1) is 18.2. The van der Waals surface area contributed by atoms with Crippen LogP contribution >= 0.6 is 24.0 Å². The molecule has 23 heavy (non-hydrogen) atoms. The molecule has 1 aromatic rings. The molecule has 0 atom stereocenters. The Morgan fingerprint density at radius 3 is 2.70 bits per heavy atom. The first-order valence-electron chi connectivity index (χ1n) is 8.13. The van der Waals surface area contributed by atoms with E-state index in [9.17, 15) is 0 Å². The van der Waals surface area contributed by atoms with E-state index in [1.807, 2.05) is 24.6 Å². The molecule has 7 heteroatoms. The minimum absolute atomic E-state index is 0. The Morgan fingerprint density at radius 2 is 2.17 bits per heavy atom. The van der Waals surface area contributed by atoms with Crippen molar-refractivity contribution in [3.63, 3.8) is 0 Å². The lowest BCUT2D eigenvalue weighted by molar-refractivity contribution is 0.151. The van der Waals surface area contributed by atoms with Crippen LogP contribution < -0.4 is 5.32 Å². The Kier molecular flexibility index (Phi) is 6.05. The lowest BCUT2D eigenvalue weighted by atomic mass is 9.68. The maximum atomic E-state index is 4.77. The smallest absolute Gasteiger partial charge is 0.194 e. The van der Waals surface area contributed by atoms with Crippen LogP contribution in [0.5, 0.6) is 0 Å². The average molecular weight is 430 g/mol. The van der Waals surface area contributed by atoms with Crippen LogP contribution in [-0.4, -0.2) is 45.3 Å². The fraction of sp³-hybridized carbons (Fsp3) is 0.688. The molecular formula is C16H27IN6. The van der Waals surface area contributed by atoms with Gasteiger partial charge in [0, 0.05) is 26.7 Å². The van der Waals surface area contributed by atoms with Gasteiger partial charge in [-0.25, -0.2) is 4.99 Å². The molecule has 1 saturated carbocycles. The summed E-state index contributed by atoms with van der Waals surface area (Å²) >= 11 is 0.